The Balaban J connectivity index is 1.51. The number of aromatic nitrogens is 2. The molecule has 0 saturated carbocycles. The molecular weight excluding hydrogens is 304 g/mol. The highest BCUT2D eigenvalue weighted by molar-refractivity contribution is 7.07. The molecule has 116 valence electrons. The van der Waals surface area contributed by atoms with Crippen molar-refractivity contribution in [1.82, 2.24) is 20.8 Å². The topological polar surface area (TPSA) is 97.1 Å². The summed E-state index contributed by atoms with van der Waals surface area (Å²) >= 11 is 1.56. The second-order valence-corrected chi connectivity index (χ2v) is 5.95. The molecule has 2 aromatic rings. The van der Waals surface area contributed by atoms with Gasteiger partial charge in [0.2, 0.25) is 17.7 Å². The van der Waals surface area contributed by atoms with E-state index in [-0.39, 0.29) is 24.3 Å². The molecule has 2 aromatic heterocycles. The van der Waals surface area contributed by atoms with E-state index in [1.54, 1.807) is 11.3 Å². The third-order valence-corrected chi connectivity index (χ3v) is 4.21. The number of nitrogens with zero attached hydrogens (tertiary/aromatic N) is 2. The Bertz CT molecular complexity index is 653. The van der Waals surface area contributed by atoms with Gasteiger partial charge in [-0.1, -0.05) is 5.16 Å². The van der Waals surface area contributed by atoms with E-state index in [1.807, 2.05) is 16.8 Å². The number of amides is 2. The van der Waals surface area contributed by atoms with Gasteiger partial charge in [-0.25, -0.2) is 0 Å². The van der Waals surface area contributed by atoms with Gasteiger partial charge in [-0.2, -0.15) is 16.3 Å². The summed E-state index contributed by atoms with van der Waals surface area (Å²) in [5, 5.41) is 13.3. The maximum atomic E-state index is 11.8. The van der Waals surface area contributed by atoms with Gasteiger partial charge in [0, 0.05) is 18.9 Å². The highest BCUT2D eigenvalue weighted by Gasteiger charge is 2.25. The van der Waals surface area contributed by atoms with Crippen molar-refractivity contribution >= 4 is 23.2 Å². The first-order chi connectivity index (χ1) is 10.7. The highest BCUT2D eigenvalue weighted by Crippen LogP contribution is 2.22. The zero-order chi connectivity index (χ0) is 15.4. The van der Waals surface area contributed by atoms with Gasteiger partial charge in [-0.05, 0) is 28.8 Å². The van der Waals surface area contributed by atoms with E-state index in [0.29, 0.717) is 31.1 Å². The molecule has 0 aromatic carbocycles. The molecule has 1 unspecified atom stereocenters. The Kier molecular flexibility index (Phi) is 4.47. The van der Waals surface area contributed by atoms with Crippen LogP contribution >= 0.6 is 11.3 Å². The quantitative estimate of drug-likeness (QED) is 0.856. The minimum Gasteiger partial charge on any atom is -0.356 e. The predicted octanol–water partition coefficient (Wildman–Crippen LogP) is 0.984. The van der Waals surface area contributed by atoms with Crippen LogP contribution in [0.3, 0.4) is 0 Å². The monoisotopic (exact) mass is 320 g/mol. The van der Waals surface area contributed by atoms with Gasteiger partial charge in [-0.15, -0.1) is 0 Å². The average molecular weight is 320 g/mol. The molecule has 22 heavy (non-hydrogen) atoms. The molecule has 7 nitrogen and oxygen atoms in total. The summed E-state index contributed by atoms with van der Waals surface area (Å²) in [5.74, 6) is 0.811. The molecule has 0 bridgehead atoms. The SMILES string of the molecule is O=C(Cc1ccsc1)NCc1nc(C2CCNC(=O)C2)no1. The zero-order valence-electron chi connectivity index (χ0n) is 11.9. The smallest absolute Gasteiger partial charge is 0.246 e. The van der Waals surface area contributed by atoms with Crippen LogP contribution in [0.1, 0.15) is 36.0 Å². The van der Waals surface area contributed by atoms with Crippen LogP contribution < -0.4 is 10.6 Å². The van der Waals surface area contributed by atoms with Crippen LogP contribution in [0.5, 0.6) is 0 Å². The largest absolute Gasteiger partial charge is 0.356 e. The zero-order valence-corrected chi connectivity index (χ0v) is 12.7. The van der Waals surface area contributed by atoms with Crippen LogP contribution in [0.25, 0.3) is 0 Å². The molecule has 8 heteroatoms. The van der Waals surface area contributed by atoms with Gasteiger partial charge in [0.1, 0.15) is 0 Å². The van der Waals surface area contributed by atoms with Crippen molar-refractivity contribution in [2.24, 2.45) is 0 Å². The van der Waals surface area contributed by atoms with Crippen LogP contribution in [0.4, 0.5) is 0 Å². The van der Waals surface area contributed by atoms with Crippen LogP contribution in [0.15, 0.2) is 21.3 Å². The van der Waals surface area contributed by atoms with Crippen molar-refractivity contribution in [3.63, 3.8) is 0 Å². The maximum Gasteiger partial charge on any atom is 0.246 e. The first-order valence-electron chi connectivity index (χ1n) is 7.07. The number of carbonyl (C=O) groups is 2. The van der Waals surface area contributed by atoms with Crippen molar-refractivity contribution in [2.75, 3.05) is 6.54 Å². The van der Waals surface area contributed by atoms with Crippen LogP contribution in [-0.2, 0) is 22.6 Å². The highest BCUT2D eigenvalue weighted by atomic mass is 32.1. The lowest BCUT2D eigenvalue weighted by Gasteiger charge is -2.18. The van der Waals surface area contributed by atoms with Crippen LogP contribution in [0.2, 0.25) is 0 Å². The second-order valence-electron chi connectivity index (χ2n) is 5.17. The number of piperidine rings is 1. The molecule has 0 spiro atoms. The minimum atomic E-state index is -0.0878. The summed E-state index contributed by atoms with van der Waals surface area (Å²) < 4.78 is 5.13. The Labute approximate surface area is 131 Å². The first-order valence-corrected chi connectivity index (χ1v) is 8.02. The summed E-state index contributed by atoms with van der Waals surface area (Å²) in [7, 11) is 0. The fraction of sp³-hybridized carbons (Fsp3) is 0.429. The molecule has 2 N–H and O–H groups in total. The molecule has 1 saturated heterocycles. The van der Waals surface area contributed by atoms with Gasteiger partial charge in [0.15, 0.2) is 5.82 Å². The maximum absolute atomic E-state index is 11.8. The van der Waals surface area contributed by atoms with Crippen molar-refractivity contribution in [2.45, 2.75) is 31.7 Å². The lowest BCUT2D eigenvalue weighted by atomic mass is 9.97. The lowest BCUT2D eigenvalue weighted by Crippen LogP contribution is -2.32. The van der Waals surface area contributed by atoms with Crippen molar-refractivity contribution < 1.29 is 14.1 Å². The molecule has 1 aliphatic rings. The number of carbonyl (C=O) groups excluding carboxylic acids is 2. The average Bonchev–Trinajstić information content (AvgIpc) is 3.16. The van der Waals surface area contributed by atoms with Crippen molar-refractivity contribution in [3.8, 4) is 0 Å². The molecule has 0 aliphatic carbocycles. The van der Waals surface area contributed by atoms with E-state index in [0.717, 1.165) is 12.0 Å². The van der Waals surface area contributed by atoms with Gasteiger partial charge < -0.3 is 15.2 Å². The van der Waals surface area contributed by atoms with Crippen LogP contribution in [-0.4, -0.2) is 28.5 Å². The van der Waals surface area contributed by atoms with E-state index in [2.05, 4.69) is 20.8 Å². The first kappa shape index (κ1) is 14.7. The van der Waals surface area contributed by atoms with Gasteiger partial charge in [-0.3, -0.25) is 9.59 Å². The minimum absolute atomic E-state index is 0.00617. The van der Waals surface area contributed by atoms with Crippen molar-refractivity contribution in [3.05, 3.63) is 34.1 Å². The number of nitrogens with one attached hydrogen (secondary N) is 2. The normalized spacial score (nSPS) is 18.0. The fourth-order valence-corrected chi connectivity index (χ4v) is 2.99. The van der Waals surface area contributed by atoms with E-state index in [4.69, 9.17) is 4.52 Å². The van der Waals surface area contributed by atoms with Gasteiger partial charge in [0.05, 0.1) is 13.0 Å². The third-order valence-electron chi connectivity index (χ3n) is 3.48. The predicted molar refractivity (Wildman–Crippen MR) is 79.2 cm³/mol. The Morgan fingerprint density at radius 3 is 3.23 bits per heavy atom. The summed E-state index contributed by atoms with van der Waals surface area (Å²) in [5.41, 5.74) is 0.988. The lowest BCUT2D eigenvalue weighted by molar-refractivity contribution is -0.123. The fourth-order valence-electron chi connectivity index (χ4n) is 2.33. The van der Waals surface area contributed by atoms with Gasteiger partial charge >= 0.3 is 0 Å². The molecule has 3 heterocycles. The summed E-state index contributed by atoms with van der Waals surface area (Å²) in [4.78, 5) is 27.4. The Morgan fingerprint density at radius 1 is 1.55 bits per heavy atom. The number of rotatable bonds is 5. The van der Waals surface area contributed by atoms with E-state index in [1.165, 1.54) is 0 Å². The molecule has 1 aliphatic heterocycles. The summed E-state index contributed by atoms with van der Waals surface area (Å²) in [6, 6.07) is 1.92. The van der Waals surface area contributed by atoms with E-state index < -0.39 is 0 Å². The Morgan fingerprint density at radius 2 is 2.45 bits per heavy atom. The standard InChI is InChI=1S/C14H16N4O3S/c19-11(5-9-2-4-22-8-9)16-7-13-17-14(18-21-13)10-1-3-15-12(20)6-10/h2,4,8,10H,1,3,5-7H2,(H,15,20)(H,16,19). The molecular formula is C14H16N4O3S. The second kappa shape index (κ2) is 6.69. The Hall–Kier alpha value is -2.22. The number of hydrogen-bond acceptors (Lipinski definition) is 6. The summed E-state index contributed by atoms with van der Waals surface area (Å²) in [6.45, 7) is 0.833. The molecule has 2 amide bonds. The van der Waals surface area contributed by atoms with E-state index >= 15 is 0 Å². The third kappa shape index (κ3) is 3.70. The van der Waals surface area contributed by atoms with Gasteiger partial charge in [0.25, 0.3) is 0 Å². The molecule has 0 radical (unpaired) electrons. The molecule has 3 rings (SSSR count). The molecule has 1 atom stereocenters. The number of thiophene rings is 1. The summed E-state index contributed by atoms with van der Waals surface area (Å²) in [6.07, 6.45) is 1.52. The molecule has 1 fully saturated rings. The number of hydrogen-bond donors (Lipinski definition) is 2. The van der Waals surface area contributed by atoms with Crippen LogP contribution in [0, 0.1) is 0 Å². The van der Waals surface area contributed by atoms with Crippen molar-refractivity contribution in [1.29, 1.82) is 0 Å². The van der Waals surface area contributed by atoms with E-state index in [9.17, 15) is 9.59 Å².